The predicted octanol–water partition coefficient (Wildman–Crippen LogP) is 3.41. The van der Waals surface area contributed by atoms with Gasteiger partial charge in [-0.05, 0) is 55.0 Å². The second kappa shape index (κ2) is 5.10. The molecule has 1 atom stereocenters. The molecular weight excluding hydrogens is 207 g/mol. The molecule has 1 unspecified atom stereocenters. The van der Waals surface area contributed by atoms with E-state index in [9.17, 15) is 9.18 Å². The molecule has 0 radical (unpaired) electrons. The summed E-state index contributed by atoms with van der Waals surface area (Å²) in [4.78, 5) is 10.5. The predicted molar refractivity (Wildman–Crippen MR) is 61.2 cm³/mol. The first kappa shape index (κ1) is 12.7. The molecule has 0 aliphatic carbocycles. The molecule has 2 nitrogen and oxygen atoms in total. The summed E-state index contributed by atoms with van der Waals surface area (Å²) in [5.41, 5.74) is 2.87. The van der Waals surface area contributed by atoms with Crippen LogP contribution in [0, 0.1) is 19.7 Å². The largest absolute Gasteiger partial charge is 0.481 e. The third-order valence-corrected chi connectivity index (χ3v) is 2.84. The molecule has 0 heterocycles. The molecular formula is C13H17FO2. The number of rotatable bonds is 4. The van der Waals surface area contributed by atoms with Crippen molar-refractivity contribution >= 4 is 5.97 Å². The fraction of sp³-hybridized carbons (Fsp3) is 0.462. The third-order valence-electron chi connectivity index (χ3n) is 2.84. The van der Waals surface area contributed by atoms with Gasteiger partial charge in [-0.15, -0.1) is 0 Å². The Morgan fingerprint density at radius 3 is 2.31 bits per heavy atom. The third kappa shape index (κ3) is 3.05. The fourth-order valence-electron chi connectivity index (χ4n) is 2.18. The van der Waals surface area contributed by atoms with E-state index in [1.807, 2.05) is 20.8 Å². The van der Waals surface area contributed by atoms with Crippen molar-refractivity contribution in [3.05, 3.63) is 34.6 Å². The molecule has 0 aromatic heterocycles. The normalized spacial score (nSPS) is 12.5. The molecule has 1 aromatic carbocycles. The van der Waals surface area contributed by atoms with Crippen molar-refractivity contribution in [2.75, 3.05) is 0 Å². The number of carbonyl (C=O) groups is 1. The first-order valence-corrected chi connectivity index (χ1v) is 5.40. The summed E-state index contributed by atoms with van der Waals surface area (Å²) in [6.45, 7) is 5.71. The van der Waals surface area contributed by atoms with Gasteiger partial charge in [0, 0.05) is 6.42 Å². The van der Waals surface area contributed by atoms with E-state index in [4.69, 9.17) is 5.11 Å². The van der Waals surface area contributed by atoms with E-state index in [2.05, 4.69) is 0 Å². The molecule has 0 bridgehead atoms. The number of hydrogen-bond acceptors (Lipinski definition) is 1. The SMILES string of the molecule is Cc1cc(F)cc(C)c1C(C)CCC(=O)O. The van der Waals surface area contributed by atoms with Crippen molar-refractivity contribution in [2.24, 2.45) is 0 Å². The molecule has 1 rings (SSSR count). The van der Waals surface area contributed by atoms with Crippen LogP contribution in [0.15, 0.2) is 12.1 Å². The maximum Gasteiger partial charge on any atom is 0.303 e. The van der Waals surface area contributed by atoms with Crippen molar-refractivity contribution in [1.82, 2.24) is 0 Å². The lowest BCUT2D eigenvalue weighted by atomic mass is 9.89. The van der Waals surface area contributed by atoms with Crippen molar-refractivity contribution in [3.8, 4) is 0 Å². The number of benzene rings is 1. The van der Waals surface area contributed by atoms with Crippen LogP contribution in [0.25, 0.3) is 0 Å². The van der Waals surface area contributed by atoms with Crippen LogP contribution in [-0.4, -0.2) is 11.1 Å². The van der Waals surface area contributed by atoms with E-state index in [-0.39, 0.29) is 18.2 Å². The summed E-state index contributed by atoms with van der Waals surface area (Å²) >= 11 is 0. The van der Waals surface area contributed by atoms with Crippen LogP contribution >= 0.6 is 0 Å². The molecule has 3 heteroatoms. The second-order valence-electron chi connectivity index (χ2n) is 4.29. The lowest BCUT2D eigenvalue weighted by Crippen LogP contribution is -2.04. The average Bonchev–Trinajstić information content (AvgIpc) is 2.12. The van der Waals surface area contributed by atoms with E-state index in [1.165, 1.54) is 12.1 Å². The maximum atomic E-state index is 13.1. The minimum atomic E-state index is -0.788. The maximum absolute atomic E-state index is 13.1. The Labute approximate surface area is 95.1 Å². The van der Waals surface area contributed by atoms with E-state index in [0.717, 1.165) is 16.7 Å². The highest BCUT2D eigenvalue weighted by Gasteiger charge is 2.13. The molecule has 16 heavy (non-hydrogen) atoms. The Morgan fingerprint density at radius 2 is 1.88 bits per heavy atom. The van der Waals surface area contributed by atoms with Crippen LogP contribution in [0.5, 0.6) is 0 Å². The summed E-state index contributed by atoms with van der Waals surface area (Å²) in [5, 5.41) is 8.63. The Kier molecular flexibility index (Phi) is 4.05. The van der Waals surface area contributed by atoms with Crippen LogP contribution in [-0.2, 0) is 4.79 Å². The van der Waals surface area contributed by atoms with Gasteiger partial charge in [-0.3, -0.25) is 4.79 Å². The van der Waals surface area contributed by atoms with Crippen LogP contribution in [0.2, 0.25) is 0 Å². The molecule has 0 amide bonds. The number of aliphatic carboxylic acids is 1. The smallest absolute Gasteiger partial charge is 0.303 e. The van der Waals surface area contributed by atoms with Gasteiger partial charge in [-0.1, -0.05) is 6.92 Å². The van der Waals surface area contributed by atoms with Crippen molar-refractivity contribution in [1.29, 1.82) is 0 Å². The molecule has 0 saturated heterocycles. The lowest BCUT2D eigenvalue weighted by molar-refractivity contribution is -0.137. The number of hydrogen-bond donors (Lipinski definition) is 1. The van der Waals surface area contributed by atoms with E-state index < -0.39 is 5.97 Å². The highest BCUT2D eigenvalue weighted by atomic mass is 19.1. The Balaban J connectivity index is 2.90. The molecule has 88 valence electrons. The standard InChI is InChI=1S/C13H17FO2/c1-8(4-5-12(15)16)13-9(2)6-11(14)7-10(13)3/h6-8H,4-5H2,1-3H3,(H,15,16). The lowest BCUT2D eigenvalue weighted by Gasteiger charge is -2.17. The second-order valence-corrected chi connectivity index (χ2v) is 4.29. The van der Waals surface area contributed by atoms with Gasteiger partial charge < -0.3 is 5.11 Å². The summed E-state index contributed by atoms with van der Waals surface area (Å²) in [7, 11) is 0. The first-order chi connectivity index (χ1) is 7.41. The summed E-state index contributed by atoms with van der Waals surface area (Å²) < 4.78 is 13.1. The van der Waals surface area contributed by atoms with Gasteiger partial charge in [0.25, 0.3) is 0 Å². The molecule has 0 saturated carbocycles. The van der Waals surface area contributed by atoms with Gasteiger partial charge in [0.1, 0.15) is 5.82 Å². The monoisotopic (exact) mass is 224 g/mol. The van der Waals surface area contributed by atoms with Gasteiger partial charge in [0.2, 0.25) is 0 Å². The highest BCUT2D eigenvalue weighted by Crippen LogP contribution is 2.27. The van der Waals surface area contributed by atoms with Crippen LogP contribution in [0.4, 0.5) is 4.39 Å². The number of halogens is 1. The zero-order chi connectivity index (χ0) is 12.3. The van der Waals surface area contributed by atoms with Crippen molar-refractivity contribution in [2.45, 2.75) is 39.5 Å². The zero-order valence-corrected chi connectivity index (χ0v) is 9.88. The van der Waals surface area contributed by atoms with E-state index in [0.29, 0.717) is 6.42 Å². The Hall–Kier alpha value is -1.38. The van der Waals surface area contributed by atoms with E-state index in [1.54, 1.807) is 0 Å². The number of aryl methyl sites for hydroxylation is 2. The Bertz CT molecular complexity index is 376. The van der Waals surface area contributed by atoms with Gasteiger partial charge in [0.05, 0.1) is 0 Å². The van der Waals surface area contributed by atoms with Gasteiger partial charge in [-0.25, -0.2) is 4.39 Å². The van der Waals surface area contributed by atoms with Crippen molar-refractivity contribution < 1.29 is 14.3 Å². The number of carboxylic acid groups (broad SMARTS) is 1. The van der Waals surface area contributed by atoms with Crippen LogP contribution in [0.1, 0.15) is 42.4 Å². The minimum Gasteiger partial charge on any atom is -0.481 e. The van der Waals surface area contributed by atoms with Gasteiger partial charge in [0.15, 0.2) is 0 Å². The van der Waals surface area contributed by atoms with E-state index >= 15 is 0 Å². The molecule has 1 aromatic rings. The minimum absolute atomic E-state index is 0.150. The molecule has 1 N–H and O–H groups in total. The van der Waals surface area contributed by atoms with Gasteiger partial charge in [-0.2, -0.15) is 0 Å². The highest BCUT2D eigenvalue weighted by molar-refractivity contribution is 5.66. The van der Waals surface area contributed by atoms with Crippen molar-refractivity contribution in [3.63, 3.8) is 0 Å². The zero-order valence-electron chi connectivity index (χ0n) is 9.88. The topological polar surface area (TPSA) is 37.3 Å². The summed E-state index contributed by atoms with van der Waals surface area (Å²) in [5.74, 6) is -0.870. The molecule has 0 aliphatic rings. The first-order valence-electron chi connectivity index (χ1n) is 5.40. The van der Waals surface area contributed by atoms with Gasteiger partial charge >= 0.3 is 5.97 Å². The molecule has 0 aliphatic heterocycles. The fourth-order valence-corrected chi connectivity index (χ4v) is 2.18. The quantitative estimate of drug-likeness (QED) is 0.850. The molecule has 0 spiro atoms. The summed E-state index contributed by atoms with van der Waals surface area (Å²) in [6, 6.07) is 3.00. The summed E-state index contributed by atoms with van der Waals surface area (Å²) in [6.07, 6.45) is 0.736. The Morgan fingerprint density at radius 1 is 1.38 bits per heavy atom. The van der Waals surface area contributed by atoms with Crippen LogP contribution < -0.4 is 0 Å². The van der Waals surface area contributed by atoms with Crippen LogP contribution in [0.3, 0.4) is 0 Å². The number of carboxylic acids is 1. The average molecular weight is 224 g/mol. The molecule has 0 fully saturated rings.